The van der Waals surface area contributed by atoms with Gasteiger partial charge in [-0.2, -0.15) is 0 Å². The number of likely N-dealkylation sites (N-methyl/N-ethyl adjacent to an activating group) is 1. The molecule has 0 saturated heterocycles. The molecule has 27 heavy (non-hydrogen) atoms. The van der Waals surface area contributed by atoms with E-state index >= 15 is 0 Å². The van der Waals surface area contributed by atoms with Crippen molar-refractivity contribution in [2.45, 2.75) is 19.9 Å². The minimum atomic E-state index is -0.480. The SMILES string of the molecule is CCN1CCc2c(sc(NC(=S)NC(=O)c3ccccc3I)c2C(N)=O)C1. The lowest BCUT2D eigenvalue weighted by molar-refractivity contribution is 0.0974. The molecule has 1 aliphatic heterocycles. The highest BCUT2D eigenvalue weighted by atomic mass is 127. The van der Waals surface area contributed by atoms with Crippen molar-refractivity contribution in [2.24, 2.45) is 5.73 Å². The minimum absolute atomic E-state index is 0.146. The standard InChI is InChI=1S/C18H19IN4O2S2/c1-2-23-8-7-11-13(9-23)27-17(14(11)15(20)24)22-18(26)21-16(25)10-5-3-4-6-12(10)19/h3-6H,2,7-9H2,1H3,(H2,20,24)(H2,21,22,25,26). The van der Waals surface area contributed by atoms with Crippen molar-refractivity contribution in [1.82, 2.24) is 10.2 Å². The highest BCUT2D eigenvalue weighted by molar-refractivity contribution is 14.1. The zero-order valence-electron chi connectivity index (χ0n) is 14.7. The fourth-order valence-electron chi connectivity index (χ4n) is 3.03. The van der Waals surface area contributed by atoms with E-state index in [2.05, 4.69) is 45.0 Å². The van der Waals surface area contributed by atoms with E-state index in [0.717, 1.165) is 40.1 Å². The van der Waals surface area contributed by atoms with Gasteiger partial charge in [-0.1, -0.05) is 19.1 Å². The lowest BCUT2D eigenvalue weighted by Crippen LogP contribution is -2.35. The number of fused-ring (bicyclic) bond motifs is 1. The molecule has 3 rings (SSSR count). The fraction of sp³-hybridized carbons (Fsp3) is 0.278. The van der Waals surface area contributed by atoms with Crippen molar-refractivity contribution in [2.75, 3.05) is 18.4 Å². The first-order valence-corrected chi connectivity index (χ1v) is 10.7. The summed E-state index contributed by atoms with van der Waals surface area (Å²) in [4.78, 5) is 27.9. The van der Waals surface area contributed by atoms with E-state index in [1.165, 1.54) is 11.3 Å². The molecule has 6 nitrogen and oxygen atoms in total. The number of benzene rings is 1. The highest BCUT2D eigenvalue weighted by Crippen LogP contribution is 2.36. The van der Waals surface area contributed by atoms with Gasteiger partial charge in [-0.3, -0.25) is 19.8 Å². The molecule has 0 atom stereocenters. The van der Waals surface area contributed by atoms with Gasteiger partial charge in [0.2, 0.25) is 0 Å². The van der Waals surface area contributed by atoms with Gasteiger partial charge in [0.15, 0.2) is 5.11 Å². The number of nitrogens with two attached hydrogens (primary N) is 1. The van der Waals surface area contributed by atoms with E-state index in [1.54, 1.807) is 12.1 Å². The molecule has 1 aromatic heterocycles. The number of nitrogens with one attached hydrogen (secondary N) is 2. The van der Waals surface area contributed by atoms with Crippen molar-refractivity contribution in [1.29, 1.82) is 0 Å². The number of thiocarbonyl (C=S) groups is 1. The lowest BCUT2D eigenvalue weighted by atomic mass is 10.0. The molecule has 1 aromatic carbocycles. The molecule has 0 saturated carbocycles. The number of carbonyl (C=O) groups is 2. The summed E-state index contributed by atoms with van der Waals surface area (Å²) in [6.45, 7) is 4.76. The molecule has 0 bridgehead atoms. The number of nitrogens with zero attached hydrogens (tertiary/aromatic N) is 1. The van der Waals surface area contributed by atoms with Gasteiger partial charge in [0.25, 0.3) is 11.8 Å². The molecule has 2 aromatic rings. The molecular weight excluding hydrogens is 495 g/mol. The molecular formula is C18H19IN4O2S2. The molecule has 9 heteroatoms. The Morgan fingerprint density at radius 2 is 2.11 bits per heavy atom. The summed E-state index contributed by atoms with van der Waals surface area (Å²) in [5.74, 6) is -0.775. The van der Waals surface area contributed by atoms with Crippen LogP contribution >= 0.6 is 46.1 Å². The Balaban J connectivity index is 1.78. The first kappa shape index (κ1) is 20.2. The maximum atomic E-state index is 12.4. The quantitative estimate of drug-likeness (QED) is 0.432. The van der Waals surface area contributed by atoms with Crippen molar-refractivity contribution in [3.63, 3.8) is 0 Å². The van der Waals surface area contributed by atoms with Crippen LogP contribution in [0.3, 0.4) is 0 Å². The summed E-state index contributed by atoms with van der Waals surface area (Å²) in [7, 11) is 0. The highest BCUT2D eigenvalue weighted by Gasteiger charge is 2.27. The number of hydrogen-bond acceptors (Lipinski definition) is 5. The van der Waals surface area contributed by atoms with Gasteiger partial charge in [-0.25, -0.2) is 0 Å². The van der Waals surface area contributed by atoms with Gasteiger partial charge in [0.1, 0.15) is 5.00 Å². The van der Waals surface area contributed by atoms with Crippen LogP contribution in [0.4, 0.5) is 5.00 Å². The van der Waals surface area contributed by atoms with E-state index in [9.17, 15) is 9.59 Å². The lowest BCUT2D eigenvalue weighted by Gasteiger charge is -2.25. The summed E-state index contributed by atoms with van der Waals surface area (Å²) >= 11 is 8.86. The zero-order chi connectivity index (χ0) is 19.6. The van der Waals surface area contributed by atoms with Crippen LogP contribution in [0.1, 0.15) is 38.1 Å². The van der Waals surface area contributed by atoms with Gasteiger partial charge in [0, 0.05) is 21.5 Å². The second-order valence-electron chi connectivity index (χ2n) is 6.08. The molecule has 4 N–H and O–H groups in total. The number of carbonyl (C=O) groups excluding carboxylic acids is 2. The van der Waals surface area contributed by atoms with Gasteiger partial charge < -0.3 is 11.1 Å². The normalized spacial score (nSPS) is 13.7. The summed E-state index contributed by atoms with van der Waals surface area (Å²) in [6.07, 6.45) is 0.779. The molecule has 0 fully saturated rings. The predicted octanol–water partition coefficient (Wildman–Crippen LogP) is 2.96. The maximum absolute atomic E-state index is 12.4. The van der Waals surface area contributed by atoms with Crippen LogP contribution in [0.2, 0.25) is 0 Å². The Morgan fingerprint density at radius 1 is 1.37 bits per heavy atom. The molecule has 0 radical (unpaired) electrons. The van der Waals surface area contributed by atoms with Crippen LogP contribution in [0.5, 0.6) is 0 Å². The smallest absolute Gasteiger partial charge is 0.258 e. The van der Waals surface area contributed by atoms with Gasteiger partial charge in [0.05, 0.1) is 11.1 Å². The van der Waals surface area contributed by atoms with E-state index in [4.69, 9.17) is 18.0 Å². The average molecular weight is 514 g/mol. The van der Waals surface area contributed by atoms with Crippen LogP contribution in [0, 0.1) is 3.57 Å². The Morgan fingerprint density at radius 3 is 2.78 bits per heavy atom. The van der Waals surface area contributed by atoms with Crippen molar-refractivity contribution in [3.8, 4) is 0 Å². The van der Waals surface area contributed by atoms with Crippen LogP contribution in [0.15, 0.2) is 24.3 Å². The number of halogens is 1. The first-order chi connectivity index (χ1) is 12.9. The van der Waals surface area contributed by atoms with Gasteiger partial charge >= 0.3 is 0 Å². The van der Waals surface area contributed by atoms with E-state index in [1.807, 2.05) is 12.1 Å². The number of anilines is 1. The molecule has 2 heterocycles. The van der Waals surface area contributed by atoms with E-state index in [0.29, 0.717) is 16.1 Å². The van der Waals surface area contributed by atoms with Crippen molar-refractivity contribution >= 4 is 68.1 Å². The third kappa shape index (κ3) is 4.48. The van der Waals surface area contributed by atoms with E-state index in [-0.39, 0.29) is 11.0 Å². The Kier molecular flexibility index (Phi) is 6.45. The molecule has 2 amide bonds. The van der Waals surface area contributed by atoms with Crippen molar-refractivity contribution < 1.29 is 9.59 Å². The summed E-state index contributed by atoms with van der Waals surface area (Å²) in [5.41, 5.74) is 7.64. The van der Waals surface area contributed by atoms with Crippen LogP contribution in [0.25, 0.3) is 0 Å². The largest absolute Gasteiger partial charge is 0.365 e. The van der Waals surface area contributed by atoms with Gasteiger partial charge in [-0.05, 0) is 65.5 Å². The predicted molar refractivity (Wildman–Crippen MR) is 120 cm³/mol. The third-order valence-corrected chi connectivity index (χ3v) is 6.68. The average Bonchev–Trinajstić information content (AvgIpc) is 2.98. The van der Waals surface area contributed by atoms with Gasteiger partial charge in [-0.15, -0.1) is 11.3 Å². The monoisotopic (exact) mass is 514 g/mol. The Labute approximate surface area is 180 Å². The van der Waals surface area contributed by atoms with Crippen LogP contribution in [-0.4, -0.2) is 34.9 Å². The third-order valence-electron chi connectivity index (χ3n) is 4.40. The number of primary amides is 1. The molecule has 0 spiro atoms. The number of thiophene rings is 1. The first-order valence-electron chi connectivity index (χ1n) is 8.44. The second-order valence-corrected chi connectivity index (χ2v) is 8.75. The Hall–Kier alpha value is -1.56. The molecule has 1 aliphatic rings. The molecule has 0 unspecified atom stereocenters. The number of rotatable bonds is 4. The number of amides is 2. The van der Waals surface area contributed by atoms with Crippen LogP contribution < -0.4 is 16.4 Å². The second kappa shape index (κ2) is 8.63. The summed E-state index contributed by atoms with van der Waals surface area (Å²) in [5, 5.41) is 6.41. The number of hydrogen-bond donors (Lipinski definition) is 3. The molecule has 0 aliphatic carbocycles. The minimum Gasteiger partial charge on any atom is -0.365 e. The summed E-state index contributed by atoms with van der Waals surface area (Å²) < 4.78 is 0.833. The fourth-order valence-corrected chi connectivity index (χ4v) is 5.22. The zero-order valence-corrected chi connectivity index (χ0v) is 18.5. The topological polar surface area (TPSA) is 87.5 Å². The molecule has 142 valence electrons. The maximum Gasteiger partial charge on any atom is 0.258 e. The summed E-state index contributed by atoms with van der Waals surface area (Å²) in [6, 6.07) is 7.25. The van der Waals surface area contributed by atoms with E-state index < -0.39 is 5.91 Å². The Bertz CT molecular complexity index is 913. The van der Waals surface area contributed by atoms with Crippen molar-refractivity contribution in [3.05, 3.63) is 49.4 Å². The van der Waals surface area contributed by atoms with Crippen LogP contribution in [-0.2, 0) is 13.0 Å².